The van der Waals surface area contributed by atoms with Crippen molar-refractivity contribution in [3.63, 3.8) is 0 Å². The molecule has 0 spiro atoms. The number of hydrogen-bond acceptors (Lipinski definition) is 3. The summed E-state index contributed by atoms with van der Waals surface area (Å²) < 4.78 is 5.19. The summed E-state index contributed by atoms with van der Waals surface area (Å²) in [6.45, 7) is 1.89. The second-order valence-electron chi connectivity index (χ2n) is 4.46. The standard InChI is InChI=1S/C16H13ClN2O2/c1-10-3-6-15(21-2)13(7-10)16(20)19-14-8-12(17)5-4-11(14)9-18/h3-8H,1-2H3,(H,19,20). The number of nitriles is 1. The Morgan fingerprint density at radius 1 is 1.29 bits per heavy atom. The van der Waals surface area contributed by atoms with Gasteiger partial charge in [0.25, 0.3) is 5.91 Å². The average molecular weight is 301 g/mol. The number of amides is 1. The van der Waals surface area contributed by atoms with Crippen molar-refractivity contribution in [1.29, 1.82) is 5.26 Å². The summed E-state index contributed by atoms with van der Waals surface area (Å²) in [7, 11) is 1.50. The molecule has 0 radical (unpaired) electrons. The quantitative estimate of drug-likeness (QED) is 0.938. The number of carbonyl (C=O) groups is 1. The van der Waals surface area contributed by atoms with E-state index in [0.29, 0.717) is 27.6 Å². The molecule has 21 heavy (non-hydrogen) atoms. The highest BCUT2D eigenvalue weighted by Crippen LogP contribution is 2.24. The van der Waals surface area contributed by atoms with Crippen LogP contribution in [0.5, 0.6) is 5.75 Å². The molecule has 5 heteroatoms. The molecule has 0 aliphatic rings. The van der Waals surface area contributed by atoms with Crippen LogP contribution >= 0.6 is 11.6 Å². The van der Waals surface area contributed by atoms with Crippen LogP contribution in [0.4, 0.5) is 5.69 Å². The van der Waals surface area contributed by atoms with Crippen molar-refractivity contribution in [3.05, 3.63) is 58.1 Å². The lowest BCUT2D eigenvalue weighted by Crippen LogP contribution is -2.14. The van der Waals surface area contributed by atoms with Crippen LogP contribution in [0, 0.1) is 18.3 Å². The Labute approximate surface area is 127 Å². The first kappa shape index (κ1) is 14.9. The van der Waals surface area contributed by atoms with Crippen LogP contribution in [0.2, 0.25) is 5.02 Å². The van der Waals surface area contributed by atoms with E-state index in [-0.39, 0.29) is 5.91 Å². The molecule has 2 rings (SSSR count). The maximum absolute atomic E-state index is 12.4. The van der Waals surface area contributed by atoms with Crippen LogP contribution in [-0.2, 0) is 0 Å². The summed E-state index contributed by atoms with van der Waals surface area (Å²) in [5.74, 6) is 0.118. The van der Waals surface area contributed by atoms with E-state index in [9.17, 15) is 4.79 Å². The molecule has 1 amide bonds. The summed E-state index contributed by atoms with van der Waals surface area (Å²) in [6.07, 6.45) is 0. The Morgan fingerprint density at radius 2 is 2.05 bits per heavy atom. The molecular formula is C16H13ClN2O2. The normalized spacial score (nSPS) is 9.81. The predicted octanol–water partition coefficient (Wildman–Crippen LogP) is 3.78. The van der Waals surface area contributed by atoms with E-state index in [4.69, 9.17) is 21.6 Å². The van der Waals surface area contributed by atoms with Crippen LogP contribution in [-0.4, -0.2) is 13.0 Å². The van der Waals surface area contributed by atoms with Crippen LogP contribution in [0.3, 0.4) is 0 Å². The molecule has 1 N–H and O–H groups in total. The van der Waals surface area contributed by atoms with Crippen molar-refractivity contribution >= 4 is 23.2 Å². The number of nitrogens with one attached hydrogen (secondary N) is 1. The van der Waals surface area contributed by atoms with E-state index in [0.717, 1.165) is 5.56 Å². The number of rotatable bonds is 3. The molecule has 0 fully saturated rings. The van der Waals surface area contributed by atoms with Gasteiger partial charge in [-0.15, -0.1) is 0 Å². The van der Waals surface area contributed by atoms with Gasteiger partial charge in [0.1, 0.15) is 11.8 Å². The number of aryl methyl sites for hydroxylation is 1. The van der Waals surface area contributed by atoms with E-state index in [1.54, 1.807) is 30.3 Å². The van der Waals surface area contributed by atoms with Gasteiger partial charge >= 0.3 is 0 Å². The smallest absolute Gasteiger partial charge is 0.259 e. The lowest BCUT2D eigenvalue weighted by molar-refractivity contribution is 0.102. The van der Waals surface area contributed by atoms with Gasteiger partial charge in [0.05, 0.1) is 23.9 Å². The Balaban J connectivity index is 2.37. The van der Waals surface area contributed by atoms with E-state index in [1.165, 1.54) is 7.11 Å². The Hall–Kier alpha value is -2.51. The minimum atomic E-state index is -0.352. The van der Waals surface area contributed by atoms with Gasteiger partial charge in [-0.05, 0) is 37.3 Å². The first-order valence-corrected chi connectivity index (χ1v) is 6.58. The van der Waals surface area contributed by atoms with Crippen LogP contribution in [0.25, 0.3) is 0 Å². The maximum Gasteiger partial charge on any atom is 0.259 e. The molecule has 0 unspecified atom stereocenters. The molecule has 0 atom stereocenters. The minimum absolute atomic E-state index is 0.347. The third-order valence-electron chi connectivity index (χ3n) is 2.95. The van der Waals surface area contributed by atoms with Crippen LogP contribution in [0.15, 0.2) is 36.4 Å². The fourth-order valence-corrected chi connectivity index (χ4v) is 2.08. The van der Waals surface area contributed by atoms with E-state index >= 15 is 0 Å². The van der Waals surface area contributed by atoms with Crippen molar-refractivity contribution < 1.29 is 9.53 Å². The number of nitrogens with zero attached hydrogens (tertiary/aromatic N) is 1. The Morgan fingerprint density at radius 3 is 2.71 bits per heavy atom. The van der Waals surface area contributed by atoms with Crippen LogP contribution < -0.4 is 10.1 Å². The number of benzene rings is 2. The predicted molar refractivity (Wildman–Crippen MR) is 81.9 cm³/mol. The second-order valence-corrected chi connectivity index (χ2v) is 4.90. The van der Waals surface area contributed by atoms with Gasteiger partial charge in [-0.25, -0.2) is 0 Å². The summed E-state index contributed by atoms with van der Waals surface area (Å²) >= 11 is 5.90. The maximum atomic E-state index is 12.4. The second kappa shape index (κ2) is 6.29. The Kier molecular flexibility index (Phi) is 4.46. The van der Waals surface area contributed by atoms with Crippen molar-refractivity contribution in [2.24, 2.45) is 0 Å². The molecule has 0 aromatic heterocycles. The fraction of sp³-hybridized carbons (Fsp3) is 0.125. The van der Waals surface area contributed by atoms with Gasteiger partial charge in [-0.2, -0.15) is 5.26 Å². The highest BCUT2D eigenvalue weighted by molar-refractivity contribution is 6.31. The van der Waals surface area contributed by atoms with E-state index in [1.807, 2.05) is 19.1 Å². The molecule has 2 aromatic carbocycles. The highest BCUT2D eigenvalue weighted by Gasteiger charge is 2.14. The molecule has 0 aliphatic carbocycles. The number of ether oxygens (including phenoxy) is 1. The zero-order valence-electron chi connectivity index (χ0n) is 11.6. The molecule has 0 saturated heterocycles. The Bertz CT molecular complexity index is 736. The highest BCUT2D eigenvalue weighted by atomic mass is 35.5. The SMILES string of the molecule is COc1ccc(C)cc1C(=O)Nc1cc(Cl)ccc1C#N. The third kappa shape index (κ3) is 3.33. The summed E-state index contributed by atoms with van der Waals surface area (Å²) in [5, 5.41) is 12.2. The van der Waals surface area contributed by atoms with Gasteiger partial charge in [0.15, 0.2) is 0 Å². The number of hydrogen-bond donors (Lipinski definition) is 1. The molecule has 0 aliphatic heterocycles. The topological polar surface area (TPSA) is 62.1 Å². The molecule has 4 nitrogen and oxygen atoms in total. The average Bonchev–Trinajstić information content (AvgIpc) is 2.47. The van der Waals surface area contributed by atoms with Gasteiger partial charge < -0.3 is 10.1 Å². The first-order valence-electron chi connectivity index (χ1n) is 6.21. The van der Waals surface area contributed by atoms with Crippen molar-refractivity contribution in [2.75, 3.05) is 12.4 Å². The lowest BCUT2D eigenvalue weighted by atomic mass is 10.1. The fourth-order valence-electron chi connectivity index (χ4n) is 1.91. The molecule has 106 valence electrons. The van der Waals surface area contributed by atoms with E-state index < -0.39 is 0 Å². The zero-order chi connectivity index (χ0) is 15.4. The summed E-state index contributed by atoms with van der Waals surface area (Å²) in [5.41, 5.74) is 2.06. The van der Waals surface area contributed by atoms with Crippen LogP contribution in [0.1, 0.15) is 21.5 Å². The zero-order valence-corrected chi connectivity index (χ0v) is 12.4. The molecule has 0 bridgehead atoms. The minimum Gasteiger partial charge on any atom is -0.496 e. The number of carbonyl (C=O) groups excluding carboxylic acids is 1. The molecule has 0 saturated carbocycles. The van der Waals surface area contributed by atoms with Gasteiger partial charge in [0.2, 0.25) is 0 Å². The van der Waals surface area contributed by atoms with Crippen molar-refractivity contribution in [2.45, 2.75) is 6.92 Å². The lowest BCUT2D eigenvalue weighted by Gasteiger charge is -2.11. The molecule has 2 aromatic rings. The molecular weight excluding hydrogens is 288 g/mol. The third-order valence-corrected chi connectivity index (χ3v) is 3.18. The monoisotopic (exact) mass is 300 g/mol. The van der Waals surface area contributed by atoms with E-state index in [2.05, 4.69) is 5.32 Å². The number of anilines is 1. The summed E-state index contributed by atoms with van der Waals surface area (Å²) in [6, 6.07) is 12.0. The summed E-state index contributed by atoms with van der Waals surface area (Å²) in [4.78, 5) is 12.4. The number of halogens is 1. The number of methoxy groups -OCH3 is 1. The largest absolute Gasteiger partial charge is 0.496 e. The van der Waals surface area contributed by atoms with Crippen molar-refractivity contribution in [3.8, 4) is 11.8 Å². The van der Waals surface area contributed by atoms with Gasteiger partial charge in [0, 0.05) is 5.02 Å². The van der Waals surface area contributed by atoms with Gasteiger partial charge in [-0.3, -0.25) is 4.79 Å². The van der Waals surface area contributed by atoms with Crippen molar-refractivity contribution in [1.82, 2.24) is 0 Å². The molecule has 0 heterocycles. The first-order chi connectivity index (χ1) is 10.0. The van der Waals surface area contributed by atoms with Gasteiger partial charge in [-0.1, -0.05) is 23.2 Å².